The second-order valence-electron chi connectivity index (χ2n) is 4.54. The number of imidazole rings is 1. The highest BCUT2D eigenvalue weighted by atomic mass is 15.3. The van der Waals surface area contributed by atoms with Gasteiger partial charge in [0.25, 0.3) is 0 Å². The van der Waals surface area contributed by atoms with Crippen LogP contribution < -0.4 is 4.90 Å². The zero-order valence-electron chi connectivity index (χ0n) is 10.3. The Balaban J connectivity index is 1.74. The van der Waals surface area contributed by atoms with E-state index in [1.54, 1.807) is 0 Å². The summed E-state index contributed by atoms with van der Waals surface area (Å²) < 4.78 is 0. The highest BCUT2D eigenvalue weighted by Crippen LogP contribution is 2.18. The van der Waals surface area contributed by atoms with Crippen LogP contribution in [0, 0.1) is 12.3 Å². The van der Waals surface area contributed by atoms with Crippen molar-refractivity contribution in [2.45, 2.75) is 0 Å². The fraction of sp³-hybridized carbons (Fsp3) is 0.357. The number of H-pyrrole nitrogens is 1. The number of hydrogen-bond acceptors (Lipinski definition) is 3. The van der Waals surface area contributed by atoms with Crippen LogP contribution in [0.2, 0.25) is 0 Å². The van der Waals surface area contributed by atoms with Crippen LogP contribution >= 0.6 is 0 Å². The summed E-state index contributed by atoms with van der Waals surface area (Å²) in [4.78, 5) is 12.6. The van der Waals surface area contributed by atoms with Crippen molar-refractivity contribution in [3.05, 3.63) is 24.3 Å². The number of terminal acetylenes is 1. The van der Waals surface area contributed by atoms with Gasteiger partial charge in [0.1, 0.15) is 0 Å². The first-order valence-electron chi connectivity index (χ1n) is 6.22. The molecular formula is C14H16N4. The highest BCUT2D eigenvalue weighted by Gasteiger charge is 2.18. The quantitative estimate of drug-likeness (QED) is 0.804. The van der Waals surface area contributed by atoms with E-state index in [2.05, 4.69) is 31.8 Å². The van der Waals surface area contributed by atoms with E-state index in [9.17, 15) is 0 Å². The zero-order chi connectivity index (χ0) is 12.4. The molecule has 92 valence electrons. The Hall–Kier alpha value is -1.99. The van der Waals surface area contributed by atoms with Crippen LogP contribution in [0.3, 0.4) is 0 Å². The van der Waals surface area contributed by atoms with Gasteiger partial charge in [-0.2, -0.15) is 0 Å². The summed E-state index contributed by atoms with van der Waals surface area (Å²) in [7, 11) is 0. The molecule has 0 amide bonds. The number of nitrogens with one attached hydrogen (secondary N) is 1. The fourth-order valence-electron chi connectivity index (χ4n) is 2.34. The molecule has 2 aromatic rings. The Morgan fingerprint density at radius 3 is 2.72 bits per heavy atom. The van der Waals surface area contributed by atoms with Gasteiger partial charge in [0.05, 0.1) is 17.6 Å². The van der Waals surface area contributed by atoms with Gasteiger partial charge < -0.3 is 9.88 Å². The number of aromatic nitrogens is 2. The van der Waals surface area contributed by atoms with Crippen molar-refractivity contribution in [2.75, 3.05) is 37.6 Å². The van der Waals surface area contributed by atoms with E-state index in [1.165, 1.54) is 0 Å². The van der Waals surface area contributed by atoms with Gasteiger partial charge in [-0.3, -0.25) is 4.90 Å². The normalized spacial score (nSPS) is 16.9. The third-order valence-corrected chi connectivity index (χ3v) is 3.36. The third-order valence-electron chi connectivity index (χ3n) is 3.36. The van der Waals surface area contributed by atoms with Gasteiger partial charge in [0.2, 0.25) is 5.95 Å². The molecule has 1 aliphatic heterocycles. The molecule has 4 heteroatoms. The number of piperazine rings is 1. The van der Waals surface area contributed by atoms with Gasteiger partial charge in [0.15, 0.2) is 0 Å². The summed E-state index contributed by atoms with van der Waals surface area (Å²) in [6, 6.07) is 8.12. The SMILES string of the molecule is C#CCN1CCN(c2nc3ccccc3[nH]2)CC1. The van der Waals surface area contributed by atoms with Crippen LogP contribution in [0.5, 0.6) is 0 Å². The molecule has 3 rings (SSSR count). The summed E-state index contributed by atoms with van der Waals surface area (Å²) in [5.74, 6) is 3.67. The first-order valence-corrected chi connectivity index (χ1v) is 6.22. The lowest BCUT2D eigenvalue weighted by Gasteiger charge is -2.33. The van der Waals surface area contributed by atoms with E-state index in [1.807, 2.05) is 18.2 Å². The van der Waals surface area contributed by atoms with Crippen molar-refractivity contribution in [1.29, 1.82) is 0 Å². The molecule has 1 fully saturated rings. The summed E-state index contributed by atoms with van der Waals surface area (Å²) in [6.45, 7) is 4.69. The van der Waals surface area contributed by atoms with E-state index in [0.29, 0.717) is 0 Å². The number of fused-ring (bicyclic) bond motifs is 1. The van der Waals surface area contributed by atoms with Crippen molar-refractivity contribution >= 4 is 17.0 Å². The molecule has 0 saturated carbocycles. The number of anilines is 1. The predicted octanol–water partition coefficient (Wildman–Crippen LogP) is 1.32. The molecule has 1 saturated heterocycles. The zero-order valence-corrected chi connectivity index (χ0v) is 10.3. The molecule has 0 aliphatic carbocycles. The summed E-state index contributed by atoms with van der Waals surface area (Å²) in [5, 5.41) is 0. The molecule has 0 atom stereocenters. The van der Waals surface area contributed by atoms with Crippen molar-refractivity contribution in [3.8, 4) is 12.3 Å². The smallest absolute Gasteiger partial charge is 0.203 e. The molecule has 4 nitrogen and oxygen atoms in total. The maximum atomic E-state index is 5.33. The van der Waals surface area contributed by atoms with Gasteiger partial charge in [0, 0.05) is 26.2 Å². The maximum absolute atomic E-state index is 5.33. The number of benzene rings is 1. The number of nitrogens with zero attached hydrogens (tertiary/aromatic N) is 3. The minimum Gasteiger partial charge on any atom is -0.340 e. The lowest BCUT2D eigenvalue weighted by Crippen LogP contribution is -2.46. The largest absolute Gasteiger partial charge is 0.340 e. The average molecular weight is 240 g/mol. The Morgan fingerprint density at radius 2 is 2.00 bits per heavy atom. The first kappa shape index (κ1) is 11.1. The van der Waals surface area contributed by atoms with E-state index in [0.717, 1.165) is 49.7 Å². The van der Waals surface area contributed by atoms with Crippen LogP contribution in [0.4, 0.5) is 5.95 Å². The second-order valence-corrected chi connectivity index (χ2v) is 4.54. The first-order chi connectivity index (χ1) is 8.86. The number of hydrogen-bond donors (Lipinski definition) is 1. The second kappa shape index (κ2) is 4.71. The van der Waals surface area contributed by atoms with Gasteiger partial charge >= 0.3 is 0 Å². The van der Waals surface area contributed by atoms with Crippen LogP contribution in [-0.4, -0.2) is 47.6 Å². The van der Waals surface area contributed by atoms with Gasteiger partial charge in [-0.1, -0.05) is 18.1 Å². The van der Waals surface area contributed by atoms with E-state index >= 15 is 0 Å². The monoisotopic (exact) mass is 240 g/mol. The number of para-hydroxylation sites is 2. The molecule has 0 unspecified atom stereocenters. The Labute approximate surface area is 107 Å². The molecule has 0 bridgehead atoms. The van der Waals surface area contributed by atoms with E-state index in [4.69, 9.17) is 6.42 Å². The molecule has 1 N–H and O–H groups in total. The molecule has 0 spiro atoms. The minimum absolute atomic E-state index is 0.744. The molecule has 2 heterocycles. The van der Waals surface area contributed by atoms with Crippen molar-refractivity contribution in [1.82, 2.24) is 14.9 Å². The maximum Gasteiger partial charge on any atom is 0.203 e. The summed E-state index contributed by atoms with van der Waals surface area (Å²) in [6.07, 6.45) is 5.33. The molecule has 1 aromatic heterocycles. The standard InChI is InChI=1S/C14H16N4/c1-2-7-17-8-10-18(11-9-17)14-15-12-5-3-4-6-13(12)16-14/h1,3-6H,7-11H2,(H,15,16). The van der Waals surface area contributed by atoms with Gasteiger partial charge in [-0.25, -0.2) is 4.98 Å². The molecule has 18 heavy (non-hydrogen) atoms. The lowest BCUT2D eigenvalue weighted by atomic mass is 10.3. The Bertz CT molecular complexity index is 540. The molecule has 1 aromatic carbocycles. The predicted molar refractivity (Wildman–Crippen MR) is 73.6 cm³/mol. The van der Waals surface area contributed by atoms with E-state index in [-0.39, 0.29) is 0 Å². The fourth-order valence-corrected chi connectivity index (χ4v) is 2.34. The summed E-state index contributed by atoms with van der Waals surface area (Å²) >= 11 is 0. The van der Waals surface area contributed by atoms with Gasteiger partial charge in [-0.15, -0.1) is 6.42 Å². The van der Waals surface area contributed by atoms with Gasteiger partial charge in [-0.05, 0) is 12.1 Å². The van der Waals surface area contributed by atoms with Crippen molar-refractivity contribution in [3.63, 3.8) is 0 Å². The van der Waals surface area contributed by atoms with Crippen LogP contribution in [-0.2, 0) is 0 Å². The highest BCUT2D eigenvalue weighted by molar-refractivity contribution is 5.77. The van der Waals surface area contributed by atoms with Crippen LogP contribution in [0.25, 0.3) is 11.0 Å². The lowest BCUT2D eigenvalue weighted by molar-refractivity contribution is 0.287. The Morgan fingerprint density at radius 1 is 1.22 bits per heavy atom. The summed E-state index contributed by atoms with van der Waals surface area (Å²) in [5.41, 5.74) is 2.12. The van der Waals surface area contributed by atoms with Crippen LogP contribution in [0.1, 0.15) is 0 Å². The topological polar surface area (TPSA) is 35.2 Å². The minimum atomic E-state index is 0.744. The number of rotatable bonds is 2. The van der Waals surface area contributed by atoms with Crippen molar-refractivity contribution < 1.29 is 0 Å². The molecule has 1 aliphatic rings. The number of aromatic amines is 1. The molecule has 0 radical (unpaired) electrons. The van der Waals surface area contributed by atoms with Crippen molar-refractivity contribution in [2.24, 2.45) is 0 Å². The average Bonchev–Trinajstić information content (AvgIpc) is 2.84. The molecular weight excluding hydrogens is 224 g/mol. The third kappa shape index (κ3) is 2.05. The van der Waals surface area contributed by atoms with Crippen LogP contribution in [0.15, 0.2) is 24.3 Å². The Kier molecular flexibility index (Phi) is 2.91. The van der Waals surface area contributed by atoms with E-state index < -0.39 is 0 Å².